The Labute approximate surface area is 139 Å². The first kappa shape index (κ1) is 15.9. The van der Waals surface area contributed by atoms with Crippen molar-refractivity contribution in [3.63, 3.8) is 0 Å². The average Bonchev–Trinajstić information content (AvgIpc) is 2.60. The first-order valence-corrected chi connectivity index (χ1v) is 7.77. The van der Waals surface area contributed by atoms with Gasteiger partial charge in [-0.2, -0.15) is 0 Å². The summed E-state index contributed by atoms with van der Waals surface area (Å²) in [5.74, 6) is -0.127. The van der Waals surface area contributed by atoms with Gasteiger partial charge >= 0.3 is 0 Å². The van der Waals surface area contributed by atoms with Gasteiger partial charge in [0, 0.05) is 18.7 Å². The number of hydrogen-bond donors (Lipinski definition) is 1. The fourth-order valence-corrected chi connectivity index (χ4v) is 2.46. The zero-order valence-corrected chi connectivity index (χ0v) is 13.4. The van der Waals surface area contributed by atoms with Crippen LogP contribution in [0.25, 0.3) is 10.9 Å². The van der Waals surface area contributed by atoms with E-state index in [2.05, 4.69) is 15.3 Å². The fourth-order valence-electron chi connectivity index (χ4n) is 2.46. The average molecular weight is 322 g/mol. The Kier molecular flexibility index (Phi) is 4.65. The molecule has 24 heavy (non-hydrogen) atoms. The van der Waals surface area contributed by atoms with Crippen LogP contribution in [-0.4, -0.2) is 20.4 Å². The van der Waals surface area contributed by atoms with Crippen molar-refractivity contribution >= 4 is 16.8 Å². The van der Waals surface area contributed by atoms with Crippen molar-refractivity contribution in [3.8, 4) is 0 Å². The molecule has 6 heteroatoms. The second-order valence-corrected chi connectivity index (χ2v) is 5.56. The summed E-state index contributed by atoms with van der Waals surface area (Å²) in [5.41, 5.74) is 2.26. The Morgan fingerprint density at radius 3 is 2.83 bits per heavy atom. The molecule has 3 aromatic rings. The maximum atomic E-state index is 12.3. The molecule has 0 spiro atoms. The number of carbonyl (C=O) groups is 1. The molecule has 1 aromatic carbocycles. The van der Waals surface area contributed by atoms with Gasteiger partial charge in [0.2, 0.25) is 5.91 Å². The topological polar surface area (TPSA) is 76.9 Å². The van der Waals surface area contributed by atoms with Gasteiger partial charge in [-0.15, -0.1) is 0 Å². The summed E-state index contributed by atoms with van der Waals surface area (Å²) in [6.45, 7) is 2.58. The van der Waals surface area contributed by atoms with Crippen LogP contribution in [0.4, 0.5) is 0 Å². The number of nitrogens with zero attached hydrogens (tertiary/aromatic N) is 3. The lowest BCUT2D eigenvalue weighted by atomic mass is 10.2. The van der Waals surface area contributed by atoms with Crippen LogP contribution in [0, 0.1) is 6.92 Å². The van der Waals surface area contributed by atoms with Crippen molar-refractivity contribution in [3.05, 3.63) is 70.5 Å². The SMILES string of the molecule is Cc1cccc(CNC(=O)CCn2cnc3ccccc3c2=O)n1. The third-order valence-electron chi connectivity index (χ3n) is 3.72. The van der Waals surface area contributed by atoms with Gasteiger partial charge in [-0.25, -0.2) is 4.98 Å². The Hall–Kier alpha value is -3.02. The van der Waals surface area contributed by atoms with Gasteiger partial charge in [-0.3, -0.25) is 19.1 Å². The number of carbonyl (C=O) groups excluding carboxylic acids is 1. The van der Waals surface area contributed by atoms with Crippen molar-refractivity contribution in [1.82, 2.24) is 19.9 Å². The molecule has 0 saturated heterocycles. The van der Waals surface area contributed by atoms with Gasteiger partial charge in [0.25, 0.3) is 5.56 Å². The molecule has 0 radical (unpaired) electrons. The number of amides is 1. The van der Waals surface area contributed by atoms with Gasteiger partial charge in [-0.1, -0.05) is 18.2 Å². The molecular weight excluding hydrogens is 304 g/mol. The molecule has 0 bridgehead atoms. The van der Waals surface area contributed by atoms with Crippen LogP contribution >= 0.6 is 0 Å². The molecule has 1 amide bonds. The summed E-state index contributed by atoms with van der Waals surface area (Å²) < 4.78 is 1.47. The van der Waals surface area contributed by atoms with Crippen molar-refractivity contribution in [2.75, 3.05) is 0 Å². The van der Waals surface area contributed by atoms with Gasteiger partial charge in [0.15, 0.2) is 0 Å². The van der Waals surface area contributed by atoms with Gasteiger partial charge in [0.05, 0.1) is 29.5 Å². The Bertz CT molecular complexity index is 933. The normalized spacial score (nSPS) is 10.7. The number of para-hydroxylation sites is 1. The molecule has 2 heterocycles. The Balaban J connectivity index is 1.60. The molecule has 0 saturated carbocycles. The van der Waals surface area contributed by atoms with Crippen LogP contribution in [0.15, 0.2) is 53.6 Å². The van der Waals surface area contributed by atoms with Gasteiger partial charge in [0.1, 0.15) is 0 Å². The number of fused-ring (bicyclic) bond motifs is 1. The van der Waals surface area contributed by atoms with Crippen LogP contribution in [0.1, 0.15) is 17.8 Å². The molecule has 0 unspecified atom stereocenters. The zero-order chi connectivity index (χ0) is 16.9. The highest BCUT2D eigenvalue weighted by atomic mass is 16.1. The van der Waals surface area contributed by atoms with E-state index in [4.69, 9.17) is 0 Å². The van der Waals surface area contributed by atoms with E-state index in [0.29, 0.717) is 24.0 Å². The number of aromatic nitrogens is 3. The summed E-state index contributed by atoms with van der Waals surface area (Å²) in [5, 5.41) is 3.38. The smallest absolute Gasteiger partial charge is 0.261 e. The van der Waals surface area contributed by atoms with Crippen molar-refractivity contribution in [1.29, 1.82) is 0 Å². The third-order valence-corrected chi connectivity index (χ3v) is 3.72. The molecule has 6 nitrogen and oxygen atoms in total. The monoisotopic (exact) mass is 322 g/mol. The first-order chi connectivity index (χ1) is 11.6. The summed E-state index contributed by atoms with van der Waals surface area (Å²) in [6, 6.07) is 12.9. The number of benzene rings is 1. The summed E-state index contributed by atoms with van der Waals surface area (Å²) in [4.78, 5) is 32.9. The molecular formula is C18H18N4O2. The molecule has 0 aliphatic heterocycles. The van der Waals surface area contributed by atoms with E-state index < -0.39 is 0 Å². The van der Waals surface area contributed by atoms with E-state index in [0.717, 1.165) is 11.4 Å². The van der Waals surface area contributed by atoms with Crippen LogP contribution in [0.2, 0.25) is 0 Å². The number of pyridine rings is 1. The minimum atomic E-state index is -0.131. The second-order valence-electron chi connectivity index (χ2n) is 5.56. The summed E-state index contributed by atoms with van der Waals surface area (Å²) >= 11 is 0. The highest BCUT2D eigenvalue weighted by Gasteiger charge is 2.06. The first-order valence-electron chi connectivity index (χ1n) is 7.77. The standard InChI is InChI=1S/C18H18N4O2/c1-13-5-4-6-14(21-13)11-19-17(23)9-10-22-12-20-16-8-3-2-7-15(16)18(22)24/h2-8,12H,9-11H2,1H3,(H,19,23). The predicted octanol–water partition coefficient (Wildman–Crippen LogP) is 1.81. The lowest BCUT2D eigenvalue weighted by molar-refractivity contribution is -0.121. The van der Waals surface area contributed by atoms with Gasteiger partial charge in [-0.05, 0) is 31.2 Å². The highest BCUT2D eigenvalue weighted by Crippen LogP contribution is 2.05. The quantitative estimate of drug-likeness (QED) is 0.777. The van der Waals surface area contributed by atoms with E-state index >= 15 is 0 Å². The largest absolute Gasteiger partial charge is 0.350 e. The van der Waals surface area contributed by atoms with Crippen LogP contribution < -0.4 is 10.9 Å². The summed E-state index contributed by atoms with van der Waals surface area (Å²) in [7, 11) is 0. The predicted molar refractivity (Wildman–Crippen MR) is 91.4 cm³/mol. The third kappa shape index (κ3) is 3.65. The molecule has 3 rings (SSSR count). The molecule has 0 fully saturated rings. The van der Waals surface area contributed by atoms with Crippen molar-refractivity contribution < 1.29 is 4.79 Å². The molecule has 1 N–H and O–H groups in total. The van der Waals surface area contributed by atoms with Crippen molar-refractivity contribution in [2.45, 2.75) is 26.4 Å². The minimum absolute atomic E-state index is 0.127. The minimum Gasteiger partial charge on any atom is -0.350 e. The number of aryl methyl sites for hydroxylation is 2. The lowest BCUT2D eigenvalue weighted by Crippen LogP contribution is -2.27. The molecule has 0 atom stereocenters. The van der Waals surface area contributed by atoms with Gasteiger partial charge < -0.3 is 5.32 Å². The number of hydrogen-bond acceptors (Lipinski definition) is 4. The Morgan fingerprint density at radius 2 is 2.00 bits per heavy atom. The molecule has 0 aliphatic carbocycles. The van der Waals surface area contributed by atoms with E-state index in [1.807, 2.05) is 31.2 Å². The van der Waals surface area contributed by atoms with Crippen LogP contribution in [0.5, 0.6) is 0 Å². The summed E-state index contributed by atoms with van der Waals surface area (Å²) in [6.07, 6.45) is 1.70. The van der Waals surface area contributed by atoms with E-state index in [9.17, 15) is 9.59 Å². The fraction of sp³-hybridized carbons (Fsp3) is 0.222. The number of rotatable bonds is 5. The molecule has 2 aromatic heterocycles. The number of nitrogens with one attached hydrogen (secondary N) is 1. The van der Waals surface area contributed by atoms with Crippen LogP contribution in [0.3, 0.4) is 0 Å². The maximum Gasteiger partial charge on any atom is 0.261 e. The van der Waals surface area contributed by atoms with E-state index in [-0.39, 0.29) is 17.9 Å². The maximum absolute atomic E-state index is 12.3. The van der Waals surface area contributed by atoms with Crippen LogP contribution in [-0.2, 0) is 17.9 Å². The second kappa shape index (κ2) is 7.04. The lowest BCUT2D eigenvalue weighted by Gasteiger charge is -2.08. The molecule has 122 valence electrons. The van der Waals surface area contributed by atoms with E-state index in [1.165, 1.54) is 10.9 Å². The Morgan fingerprint density at radius 1 is 1.17 bits per heavy atom. The zero-order valence-electron chi connectivity index (χ0n) is 13.4. The van der Waals surface area contributed by atoms with E-state index in [1.54, 1.807) is 18.2 Å². The van der Waals surface area contributed by atoms with Crippen molar-refractivity contribution in [2.24, 2.45) is 0 Å². The highest BCUT2D eigenvalue weighted by molar-refractivity contribution is 5.77. The molecule has 0 aliphatic rings.